The number of ether oxygens (including phenoxy) is 1. The zero-order valence-corrected chi connectivity index (χ0v) is 18.5. The maximum Gasteiger partial charge on any atom is 0.307 e. The van der Waals surface area contributed by atoms with Crippen LogP contribution in [0.3, 0.4) is 0 Å². The number of aryl methyl sites for hydroxylation is 2. The molecule has 166 valence electrons. The number of aromatic amines is 1. The first-order chi connectivity index (χ1) is 14.9. The first-order valence-corrected chi connectivity index (χ1v) is 11.4. The molecule has 0 spiro atoms. The number of thiazole rings is 1. The van der Waals surface area contributed by atoms with Crippen molar-refractivity contribution in [3.8, 4) is 5.88 Å². The zero-order valence-electron chi connectivity index (χ0n) is 17.7. The van der Waals surface area contributed by atoms with Crippen LogP contribution in [0.4, 0.5) is 0 Å². The topological polar surface area (TPSA) is 109 Å². The molecule has 1 aliphatic carbocycles. The van der Waals surface area contributed by atoms with Gasteiger partial charge in [-0.1, -0.05) is 42.4 Å². The van der Waals surface area contributed by atoms with Gasteiger partial charge in [0.15, 0.2) is 6.39 Å². The van der Waals surface area contributed by atoms with E-state index < -0.39 is 6.10 Å². The predicted molar refractivity (Wildman–Crippen MR) is 117 cm³/mol. The number of aromatic hydroxyl groups is 1. The van der Waals surface area contributed by atoms with Gasteiger partial charge in [0.2, 0.25) is 5.88 Å². The van der Waals surface area contributed by atoms with E-state index in [0.717, 1.165) is 48.3 Å². The Morgan fingerprint density at radius 1 is 1.32 bits per heavy atom. The van der Waals surface area contributed by atoms with E-state index in [1.807, 2.05) is 0 Å². The molecule has 2 aromatic heterocycles. The Morgan fingerprint density at radius 3 is 2.84 bits per heavy atom. The lowest BCUT2D eigenvalue weighted by Gasteiger charge is -2.32. The number of H-pyrrole nitrogens is 1. The summed E-state index contributed by atoms with van der Waals surface area (Å²) in [4.78, 5) is 18.0. The van der Waals surface area contributed by atoms with Crippen LogP contribution < -0.4 is 4.87 Å². The number of aromatic nitrogens is 2. The monoisotopic (exact) mass is 444 g/mol. The van der Waals surface area contributed by atoms with Gasteiger partial charge in [0.25, 0.3) is 0 Å². The molecule has 1 saturated carbocycles. The van der Waals surface area contributed by atoms with Crippen LogP contribution in [0.1, 0.15) is 71.6 Å². The third kappa shape index (κ3) is 5.08. The van der Waals surface area contributed by atoms with Gasteiger partial charge >= 0.3 is 4.87 Å². The van der Waals surface area contributed by atoms with E-state index in [0.29, 0.717) is 11.3 Å². The molecule has 8 heteroatoms. The minimum Gasteiger partial charge on any atom is -0.494 e. The second-order valence-corrected chi connectivity index (χ2v) is 9.42. The van der Waals surface area contributed by atoms with Crippen molar-refractivity contribution in [2.24, 2.45) is 5.92 Å². The molecule has 0 amide bonds. The second-order valence-electron chi connectivity index (χ2n) is 8.41. The Hall–Kier alpha value is -2.42. The van der Waals surface area contributed by atoms with Crippen LogP contribution in [0, 0.1) is 19.8 Å². The summed E-state index contributed by atoms with van der Waals surface area (Å²) in [6.07, 6.45) is 6.09. The lowest BCUT2D eigenvalue weighted by Crippen LogP contribution is -2.26. The zero-order chi connectivity index (χ0) is 22.0. The highest BCUT2D eigenvalue weighted by atomic mass is 32.1. The second kappa shape index (κ2) is 9.38. The highest BCUT2D eigenvalue weighted by molar-refractivity contribution is 7.09. The number of oxazole rings is 1. The lowest BCUT2D eigenvalue weighted by molar-refractivity contribution is -0.0311. The molecule has 4 atom stereocenters. The molecule has 1 fully saturated rings. The fourth-order valence-corrected chi connectivity index (χ4v) is 5.08. The predicted octanol–water partition coefficient (Wildman–Crippen LogP) is 4.54. The van der Waals surface area contributed by atoms with Gasteiger partial charge in [-0.15, -0.1) is 0 Å². The molecular formula is C23H28N2O5S. The molecule has 7 nitrogen and oxygen atoms in total. The molecule has 4 rings (SSSR count). The Morgan fingerprint density at radius 2 is 2.16 bits per heavy atom. The SMILES string of the molecule is Cc1ccc(C(OC2CCCC(CC(O)c3sc(=O)[nH]c3O)C2)c2cocn2)cc1C. The molecule has 4 unspecified atom stereocenters. The van der Waals surface area contributed by atoms with Crippen LogP contribution in [0.5, 0.6) is 5.88 Å². The van der Waals surface area contributed by atoms with Crippen LogP contribution in [0.25, 0.3) is 0 Å². The molecule has 0 aliphatic heterocycles. The number of benzene rings is 1. The fourth-order valence-electron chi connectivity index (χ4n) is 4.35. The summed E-state index contributed by atoms with van der Waals surface area (Å²) >= 11 is 0.859. The van der Waals surface area contributed by atoms with E-state index >= 15 is 0 Å². The fraction of sp³-hybridized carbons (Fsp3) is 0.478. The van der Waals surface area contributed by atoms with Crippen LogP contribution in [-0.4, -0.2) is 26.3 Å². The van der Waals surface area contributed by atoms with Crippen molar-refractivity contribution in [3.05, 3.63) is 67.8 Å². The number of aliphatic hydroxyl groups excluding tert-OH is 1. The van der Waals surface area contributed by atoms with Crippen molar-refractivity contribution >= 4 is 11.3 Å². The van der Waals surface area contributed by atoms with Gasteiger partial charge in [-0.05, 0) is 55.7 Å². The maximum atomic E-state index is 11.4. The lowest BCUT2D eigenvalue weighted by atomic mass is 9.83. The van der Waals surface area contributed by atoms with Crippen LogP contribution in [-0.2, 0) is 4.74 Å². The van der Waals surface area contributed by atoms with E-state index in [4.69, 9.17) is 9.15 Å². The first kappa shape index (κ1) is 21.8. The van der Waals surface area contributed by atoms with Crippen molar-refractivity contribution in [1.29, 1.82) is 0 Å². The highest BCUT2D eigenvalue weighted by Gasteiger charge is 2.30. The van der Waals surface area contributed by atoms with Crippen molar-refractivity contribution in [3.63, 3.8) is 0 Å². The molecule has 3 aromatic rings. The van der Waals surface area contributed by atoms with Gasteiger partial charge in [-0.25, -0.2) is 4.98 Å². The quantitative estimate of drug-likeness (QED) is 0.494. The summed E-state index contributed by atoms with van der Waals surface area (Å²) in [6, 6.07) is 6.30. The summed E-state index contributed by atoms with van der Waals surface area (Å²) in [5, 5.41) is 20.4. The standard InChI is InChI=1S/C23H28N2O5S/c1-13-6-7-16(8-14(13)2)20(18-11-29-12-24-18)30-17-5-3-4-15(9-17)10-19(26)21-22(27)25-23(28)31-21/h6-8,11-12,15,17,19-20,26-27H,3-5,9-10H2,1-2H3,(H,25,28). The van der Waals surface area contributed by atoms with Gasteiger partial charge in [0.05, 0.1) is 17.1 Å². The molecule has 1 aromatic carbocycles. The van der Waals surface area contributed by atoms with E-state index in [-0.39, 0.29) is 28.9 Å². The van der Waals surface area contributed by atoms with Crippen molar-refractivity contribution in [2.75, 3.05) is 0 Å². The van der Waals surface area contributed by atoms with E-state index in [1.165, 1.54) is 17.5 Å². The molecule has 3 N–H and O–H groups in total. The highest BCUT2D eigenvalue weighted by Crippen LogP contribution is 2.38. The molecule has 1 aliphatic rings. The van der Waals surface area contributed by atoms with E-state index in [1.54, 1.807) is 6.26 Å². The number of nitrogens with one attached hydrogen (secondary N) is 1. The number of hydrogen-bond donors (Lipinski definition) is 3. The third-order valence-electron chi connectivity index (χ3n) is 6.13. The maximum absolute atomic E-state index is 11.4. The number of nitrogens with zero attached hydrogens (tertiary/aromatic N) is 1. The summed E-state index contributed by atoms with van der Waals surface area (Å²) in [6.45, 7) is 4.17. The molecule has 31 heavy (non-hydrogen) atoms. The largest absolute Gasteiger partial charge is 0.494 e. The number of hydrogen-bond acceptors (Lipinski definition) is 7. The Balaban J connectivity index is 1.46. The molecule has 2 heterocycles. The van der Waals surface area contributed by atoms with Gasteiger partial charge in [0, 0.05) is 0 Å². The Kier molecular flexibility index (Phi) is 6.60. The molecule has 0 radical (unpaired) electrons. The molecule has 0 bridgehead atoms. The summed E-state index contributed by atoms with van der Waals surface area (Å²) in [5.74, 6) is 0.00927. The van der Waals surface area contributed by atoms with Crippen molar-refractivity contribution in [2.45, 2.75) is 64.3 Å². The van der Waals surface area contributed by atoms with Crippen molar-refractivity contribution in [1.82, 2.24) is 9.97 Å². The Bertz CT molecular complexity index is 1060. The summed E-state index contributed by atoms with van der Waals surface area (Å²) in [7, 11) is 0. The Labute approximate surface area is 184 Å². The number of rotatable bonds is 7. The minimum absolute atomic E-state index is 0.0211. The molecule has 0 saturated heterocycles. The summed E-state index contributed by atoms with van der Waals surface area (Å²) < 4.78 is 11.8. The van der Waals surface area contributed by atoms with Gasteiger partial charge in [0.1, 0.15) is 18.1 Å². The van der Waals surface area contributed by atoms with E-state index in [2.05, 4.69) is 42.0 Å². The third-order valence-corrected chi connectivity index (χ3v) is 7.11. The van der Waals surface area contributed by atoms with Crippen LogP contribution in [0.15, 0.2) is 40.1 Å². The average molecular weight is 445 g/mol. The van der Waals surface area contributed by atoms with Gasteiger partial charge in [-0.2, -0.15) is 0 Å². The van der Waals surface area contributed by atoms with Gasteiger partial charge in [-0.3, -0.25) is 9.78 Å². The summed E-state index contributed by atoms with van der Waals surface area (Å²) in [5.41, 5.74) is 4.21. The van der Waals surface area contributed by atoms with Crippen molar-refractivity contribution < 1.29 is 19.4 Å². The van der Waals surface area contributed by atoms with Crippen LogP contribution >= 0.6 is 11.3 Å². The van der Waals surface area contributed by atoms with Crippen LogP contribution in [0.2, 0.25) is 0 Å². The smallest absolute Gasteiger partial charge is 0.307 e. The minimum atomic E-state index is -0.862. The van der Waals surface area contributed by atoms with Gasteiger partial charge < -0.3 is 19.4 Å². The first-order valence-electron chi connectivity index (χ1n) is 10.6. The normalized spacial score (nSPS) is 21.1. The average Bonchev–Trinajstić information content (AvgIpc) is 3.38. The van der Waals surface area contributed by atoms with E-state index in [9.17, 15) is 15.0 Å². The molecular weight excluding hydrogens is 416 g/mol. The number of aliphatic hydroxyl groups is 1.